The van der Waals surface area contributed by atoms with Crippen LogP contribution in [-0.4, -0.2) is 18.8 Å². The fourth-order valence-corrected chi connectivity index (χ4v) is 1.88. The summed E-state index contributed by atoms with van der Waals surface area (Å²) in [6.45, 7) is 1.88. The van der Waals surface area contributed by atoms with E-state index >= 15 is 0 Å². The first-order valence-corrected chi connectivity index (χ1v) is 5.03. The number of anilines is 1. The van der Waals surface area contributed by atoms with Gasteiger partial charge >= 0.3 is 6.36 Å². The lowest BCUT2D eigenvalue weighted by molar-refractivity contribution is -0.274. The molecule has 1 heterocycles. The number of benzene rings is 1. The first-order valence-electron chi connectivity index (χ1n) is 5.03. The van der Waals surface area contributed by atoms with Crippen molar-refractivity contribution in [1.29, 1.82) is 0 Å². The van der Waals surface area contributed by atoms with Crippen LogP contribution in [0.15, 0.2) is 18.2 Å². The van der Waals surface area contributed by atoms with Gasteiger partial charge in [0.2, 0.25) is 5.91 Å². The Kier molecular flexibility index (Phi) is 2.73. The molecule has 0 saturated carbocycles. The van der Waals surface area contributed by atoms with Crippen LogP contribution in [0.1, 0.15) is 12.5 Å². The molecule has 1 aromatic rings. The summed E-state index contributed by atoms with van der Waals surface area (Å²) in [6.07, 6.45) is -4.06. The highest BCUT2D eigenvalue weighted by Gasteiger charge is 2.32. The van der Waals surface area contributed by atoms with E-state index in [0.29, 0.717) is 18.7 Å². The van der Waals surface area contributed by atoms with E-state index in [1.807, 2.05) is 0 Å². The highest BCUT2D eigenvalue weighted by Crippen LogP contribution is 2.33. The molecule has 1 aliphatic heterocycles. The van der Waals surface area contributed by atoms with Gasteiger partial charge in [-0.3, -0.25) is 4.79 Å². The number of rotatable bonds is 1. The van der Waals surface area contributed by atoms with Crippen LogP contribution in [0.25, 0.3) is 0 Å². The van der Waals surface area contributed by atoms with Gasteiger partial charge in [-0.2, -0.15) is 0 Å². The molecule has 1 amide bonds. The Morgan fingerprint density at radius 1 is 1.41 bits per heavy atom. The summed E-state index contributed by atoms with van der Waals surface area (Å²) in [6, 6.07) is 4.06. The van der Waals surface area contributed by atoms with Crippen molar-refractivity contribution in [1.82, 2.24) is 0 Å². The predicted octanol–water partition coefficient (Wildman–Crippen LogP) is 2.49. The van der Waals surface area contributed by atoms with E-state index in [2.05, 4.69) is 4.74 Å². The largest absolute Gasteiger partial charge is 0.573 e. The second kappa shape index (κ2) is 3.94. The Morgan fingerprint density at radius 2 is 2.12 bits per heavy atom. The van der Waals surface area contributed by atoms with E-state index < -0.39 is 6.36 Å². The number of halogens is 3. The van der Waals surface area contributed by atoms with Crippen LogP contribution in [0.2, 0.25) is 0 Å². The van der Waals surface area contributed by atoms with Crippen LogP contribution in [0.4, 0.5) is 18.9 Å². The van der Waals surface area contributed by atoms with E-state index in [-0.39, 0.29) is 11.7 Å². The van der Waals surface area contributed by atoms with Crippen molar-refractivity contribution >= 4 is 11.6 Å². The summed E-state index contributed by atoms with van der Waals surface area (Å²) >= 11 is 0. The molecule has 2 rings (SSSR count). The molecule has 0 spiro atoms. The number of amides is 1. The van der Waals surface area contributed by atoms with Gasteiger partial charge in [-0.05, 0) is 18.1 Å². The van der Waals surface area contributed by atoms with Crippen molar-refractivity contribution in [2.24, 2.45) is 0 Å². The van der Waals surface area contributed by atoms with Gasteiger partial charge in [-0.25, -0.2) is 0 Å². The summed E-state index contributed by atoms with van der Waals surface area (Å²) in [5.41, 5.74) is 1.36. The molecule has 3 nitrogen and oxygen atoms in total. The van der Waals surface area contributed by atoms with Crippen molar-refractivity contribution in [3.63, 3.8) is 0 Å². The smallest absolute Gasteiger partial charge is 0.406 e. The number of carbonyl (C=O) groups is 1. The topological polar surface area (TPSA) is 29.5 Å². The maximum Gasteiger partial charge on any atom is 0.573 e. The predicted molar refractivity (Wildman–Crippen MR) is 54.9 cm³/mol. The molecular weight excluding hydrogens is 235 g/mol. The minimum atomic E-state index is -4.71. The fourth-order valence-electron chi connectivity index (χ4n) is 1.88. The second-order valence-electron chi connectivity index (χ2n) is 3.76. The summed E-state index contributed by atoms with van der Waals surface area (Å²) in [7, 11) is 0. The van der Waals surface area contributed by atoms with E-state index in [0.717, 1.165) is 5.56 Å². The lowest BCUT2D eigenvalue weighted by atomic mass is 10.1. The van der Waals surface area contributed by atoms with Gasteiger partial charge in [0, 0.05) is 19.5 Å². The van der Waals surface area contributed by atoms with Gasteiger partial charge in [0.15, 0.2) is 0 Å². The molecule has 1 aromatic carbocycles. The van der Waals surface area contributed by atoms with Gasteiger partial charge in [-0.1, -0.05) is 6.07 Å². The molecule has 6 heteroatoms. The van der Waals surface area contributed by atoms with Gasteiger partial charge in [0.25, 0.3) is 0 Å². The van der Waals surface area contributed by atoms with E-state index in [1.54, 1.807) is 6.07 Å². The van der Waals surface area contributed by atoms with Gasteiger partial charge < -0.3 is 9.64 Å². The zero-order chi connectivity index (χ0) is 12.6. The van der Waals surface area contributed by atoms with E-state index in [1.165, 1.54) is 24.0 Å². The molecule has 0 saturated heterocycles. The van der Waals surface area contributed by atoms with Crippen molar-refractivity contribution in [2.75, 3.05) is 11.4 Å². The molecule has 0 aliphatic carbocycles. The Bertz CT molecular complexity index is 457. The third kappa shape index (κ3) is 2.51. The van der Waals surface area contributed by atoms with Crippen LogP contribution in [0, 0.1) is 0 Å². The minimum absolute atomic E-state index is 0.187. The number of carbonyl (C=O) groups excluding carboxylic acids is 1. The molecular formula is C11H10F3NO2. The zero-order valence-electron chi connectivity index (χ0n) is 9.04. The molecule has 0 fully saturated rings. The third-order valence-corrected chi connectivity index (χ3v) is 2.57. The number of ether oxygens (including phenoxy) is 1. The SMILES string of the molecule is CC(=O)N1CCc2ccc(OC(F)(F)F)cc21. The minimum Gasteiger partial charge on any atom is -0.406 e. The molecule has 0 N–H and O–H groups in total. The Balaban J connectivity index is 2.30. The number of alkyl halides is 3. The molecule has 0 unspecified atom stereocenters. The monoisotopic (exact) mass is 245 g/mol. The van der Waals surface area contributed by atoms with E-state index in [4.69, 9.17) is 0 Å². The third-order valence-electron chi connectivity index (χ3n) is 2.57. The molecule has 0 bridgehead atoms. The average molecular weight is 245 g/mol. The highest BCUT2D eigenvalue weighted by atomic mass is 19.4. The fraction of sp³-hybridized carbons (Fsp3) is 0.364. The van der Waals surface area contributed by atoms with E-state index in [9.17, 15) is 18.0 Å². The van der Waals surface area contributed by atoms with Crippen molar-refractivity contribution in [2.45, 2.75) is 19.7 Å². The molecule has 0 aromatic heterocycles. The number of hydrogen-bond donors (Lipinski definition) is 0. The molecule has 0 atom stereocenters. The Morgan fingerprint density at radius 3 is 2.71 bits per heavy atom. The van der Waals surface area contributed by atoms with Crippen molar-refractivity contribution in [3.8, 4) is 5.75 Å². The van der Waals surface area contributed by atoms with Crippen LogP contribution in [0.3, 0.4) is 0 Å². The van der Waals surface area contributed by atoms with Crippen molar-refractivity contribution < 1.29 is 22.7 Å². The van der Waals surface area contributed by atoms with Crippen molar-refractivity contribution in [3.05, 3.63) is 23.8 Å². The highest BCUT2D eigenvalue weighted by molar-refractivity contribution is 5.94. The van der Waals surface area contributed by atoms with Crippen LogP contribution >= 0.6 is 0 Å². The maximum absolute atomic E-state index is 12.0. The van der Waals surface area contributed by atoms with Crippen LogP contribution < -0.4 is 9.64 Å². The average Bonchev–Trinajstić information content (AvgIpc) is 2.57. The molecule has 0 radical (unpaired) electrons. The first-order chi connectivity index (χ1) is 7.87. The number of fused-ring (bicyclic) bond motifs is 1. The lowest BCUT2D eigenvalue weighted by Crippen LogP contribution is -2.25. The normalized spacial score (nSPS) is 14.7. The van der Waals surface area contributed by atoms with Gasteiger partial charge in [0.05, 0.1) is 5.69 Å². The maximum atomic E-state index is 12.0. The molecule has 1 aliphatic rings. The zero-order valence-corrected chi connectivity index (χ0v) is 9.04. The summed E-state index contributed by atoms with van der Waals surface area (Å²) in [5, 5.41) is 0. The summed E-state index contributed by atoms with van der Waals surface area (Å²) < 4.78 is 40.0. The summed E-state index contributed by atoms with van der Waals surface area (Å²) in [4.78, 5) is 12.7. The second-order valence-corrected chi connectivity index (χ2v) is 3.76. The molecule has 92 valence electrons. The lowest BCUT2D eigenvalue weighted by Gasteiger charge is -2.16. The number of hydrogen-bond acceptors (Lipinski definition) is 2. The van der Waals surface area contributed by atoms with Gasteiger partial charge in [-0.15, -0.1) is 13.2 Å². The van der Waals surface area contributed by atoms with Gasteiger partial charge in [0.1, 0.15) is 5.75 Å². The quantitative estimate of drug-likeness (QED) is 0.760. The number of nitrogens with zero attached hydrogens (tertiary/aromatic N) is 1. The Labute approximate surface area is 95.8 Å². The molecule has 17 heavy (non-hydrogen) atoms. The summed E-state index contributed by atoms with van der Waals surface area (Å²) in [5.74, 6) is -0.489. The van der Waals surface area contributed by atoms with Crippen LogP contribution in [0.5, 0.6) is 5.75 Å². The Hall–Kier alpha value is -1.72. The first kappa shape index (κ1) is 11.8. The standard InChI is InChI=1S/C11H10F3NO2/c1-7(16)15-5-4-8-2-3-9(6-10(8)15)17-11(12,13)14/h2-3,6H,4-5H2,1H3. The van der Waals surface area contributed by atoms with Crippen LogP contribution in [-0.2, 0) is 11.2 Å².